The highest BCUT2D eigenvalue weighted by molar-refractivity contribution is 5.00. The summed E-state index contributed by atoms with van der Waals surface area (Å²) in [6, 6.07) is 1.56. The van der Waals surface area contributed by atoms with Gasteiger partial charge in [-0.15, -0.1) is 0 Å². The third kappa shape index (κ3) is 3.92. The summed E-state index contributed by atoms with van der Waals surface area (Å²) in [5.41, 5.74) is 0.653. The molecule has 134 valence electrons. The number of hydrogen-bond donors (Lipinski definition) is 0. The van der Waals surface area contributed by atoms with E-state index in [0.29, 0.717) is 11.1 Å². The quantitative estimate of drug-likeness (QED) is 0.773. The fourth-order valence-electron chi connectivity index (χ4n) is 5.04. The van der Waals surface area contributed by atoms with Crippen LogP contribution in [0.4, 0.5) is 0 Å². The summed E-state index contributed by atoms with van der Waals surface area (Å²) < 4.78 is 0. The summed E-state index contributed by atoms with van der Waals surface area (Å²) in [6.07, 6.45) is 2.80. The molecule has 0 spiro atoms. The molecule has 3 aliphatic rings. The first-order valence-electron chi connectivity index (χ1n) is 9.63. The molecule has 0 aromatic rings. The van der Waals surface area contributed by atoms with Crippen molar-refractivity contribution in [2.75, 3.05) is 45.9 Å². The van der Waals surface area contributed by atoms with Crippen molar-refractivity contribution in [1.82, 2.24) is 19.6 Å². The van der Waals surface area contributed by atoms with Gasteiger partial charge in [-0.3, -0.25) is 19.6 Å². The lowest BCUT2D eigenvalue weighted by Gasteiger charge is -2.49. The van der Waals surface area contributed by atoms with Gasteiger partial charge in [-0.2, -0.15) is 0 Å². The highest BCUT2D eigenvalue weighted by atomic mass is 15.4. The Morgan fingerprint density at radius 2 is 1.22 bits per heavy atom. The number of nitrogens with zero attached hydrogens (tertiary/aromatic N) is 4. The van der Waals surface area contributed by atoms with Crippen LogP contribution in [0.5, 0.6) is 0 Å². The molecule has 3 fully saturated rings. The second-order valence-corrected chi connectivity index (χ2v) is 9.92. The van der Waals surface area contributed by atoms with E-state index in [-0.39, 0.29) is 0 Å². The van der Waals surface area contributed by atoms with Crippen LogP contribution in [-0.2, 0) is 0 Å². The van der Waals surface area contributed by atoms with Gasteiger partial charge in [0.1, 0.15) is 0 Å². The number of likely N-dealkylation sites (tertiary alicyclic amines) is 1. The predicted octanol–water partition coefficient (Wildman–Crippen LogP) is 2.31. The minimum absolute atomic E-state index is 0.323. The Bertz CT molecular complexity index is 387. The summed E-state index contributed by atoms with van der Waals surface area (Å²) in [4.78, 5) is 10.8. The topological polar surface area (TPSA) is 13.0 Å². The van der Waals surface area contributed by atoms with Crippen molar-refractivity contribution in [1.29, 1.82) is 0 Å². The smallest absolute Gasteiger partial charge is 0.0508 e. The van der Waals surface area contributed by atoms with Crippen LogP contribution in [0.25, 0.3) is 0 Å². The Morgan fingerprint density at radius 1 is 0.696 bits per heavy atom. The Morgan fingerprint density at radius 3 is 1.65 bits per heavy atom. The number of rotatable bonds is 2. The van der Waals surface area contributed by atoms with E-state index >= 15 is 0 Å². The minimum Gasteiger partial charge on any atom is -0.296 e. The standard InChI is InChI=1S/C19H38N4/c1-18(2,3)22-11-9-20(10-12-22)15-21-13-16-7-8-17(14-21)23(16)19(4,5)6/h16-17H,7-15H2,1-6H3. The van der Waals surface area contributed by atoms with Crippen molar-refractivity contribution in [2.24, 2.45) is 0 Å². The minimum atomic E-state index is 0.323. The lowest BCUT2D eigenvalue weighted by Crippen LogP contribution is -2.62. The predicted molar refractivity (Wildman–Crippen MR) is 97.7 cm³/mol. The maximum atomic E-state index is 2.81. The van der Waals surface area contributed by atoms with Crippen molar-refractivity contribution in [2.45, 2.75) is 77.5 Å². The maximum absolute atomic E-state index is 2.81. The van der Waals surface area contributed by atoms with Crippen molar-refractivity contribution >= 4 is 0 Å². The van der Waals surface area contributed by atoms with E-state index in [0.717, 1.165) is 12.1 Å². The normalized spacial score (nSPS) is 32.6. The van der Waals surface area contributed by atoms with Gasteiger partial charge in [0.25, 0.3) is 0 Å². The van der Waals surface area contributed by atoms with E-state index in [1.165, 1.54) is 58.8 Å². The molecular weight excluding hydrogens is 284 g/mol. The average Bonchev–Trinajstić information content (AvgIpc) is 2.71. The summed E-state index contributed by atoms with van der Waals surface area (Å²) in [6.45, 7) is 22.8. The molecule has 0 N–H and O–H groups in total. The molecule has 3 rings (SSSR count). The maximum Gasteiger partial charge on any atom is 0.0508 e. The van der Waals surface area contributed by atoms with E-state index in [9.17, 15) is 0 Å². The highest BCUT2D eigenvalue weighted by Gasteiger charge is 2.44. The van der Waals surface area contributed by atoms with Crippen LogP contribution in [0, 0.1) is 0 Å². The second kappa shape index (κ2) is 6.29. The summed E-state index contributed by atoms with van der Waals surface area (Å²) in [7, 11) is 0. The van der Waals surface area contributed by atoms with E-state index in [1.54, 1.807) is 0 Å². The van der Waals surface area contributed by atoms with Gasteiger partial charge in [0.2, 0.25) is 0 Å². The van der Waals surface area contributed by atoms with Gasteiger partial charge in [-0.25, -0.2) is 0 Å². The molecule has 3 heterocycles. The fraction of sp³-hybridized carbons (Fsp3) is 1.00. The molecule has 0 aliphatic carbocycles. The van der Waals surface area contributed by atoms with Gasteiger partial charge in [-0.05, 0) is 54.4 Å². The van der Waals surface area contributed by atoms with Crippen LogP contribution in [0.15, 0.2) is 0 Å². The monoisotopic (exact) mass is 322 g/mol. The molecule has 4 nitrogen and oxygen atoms in total. The van der Waals surface area contributed by atoms with Crippen molar-refractivity contribution in [3.63, 3.8) is 0 Å². The lowest BCUT2D eigenvalue weighted by atomic mass is 10.0. The molecule has 4 heteroatoms. The molecular formula is C19H38N4. The average molecular weight is 323 g/mol. The number of piperazine rings is 2. The van der Waals surface area contributed by atoms with Crippen LogP contribution < -0.4 is 0 Å². The summed E-state index contributed by atoms with van der Waals surface area (Å²) >= 11 is 0. The Labute approximate surface area is 143 Å². The van der Waals surface area contributed by atoms with Crippen LogP contribution >= 0.6 is 0 Å². The van der Waals surface area contributed by atoms with Gasteiger partial charge < -0.3 is 0 Å². The largest absolute Gasteiger partial charge is 0.296 e. The summed E-state index contributed by atoms with van der Waals surface area (Å²) in [5, 5.41) is 0. The number of fused-ring (bicyclic) bond motifs is 2. The zero-order chi connectivity index (χ0) is 16.8. The van der Waals surface area contributed by atoms with Gasteiger partial charge in [-0.1, -0.05) is 0 Å². The second-order valence-electron chi connectivity index (χ2n) is 9.92. The molecule has 2 atom stereocenters. The zero-order valence-electron chi connectivity index (χ0n) is 16.3. The third-order valence-electron chi connectivity index (χ3n) is 6.05. The third-order valence-corrected chi connectivity index (χ3v) is 6.05. The molecule has 23 heavy (non-hydrogen) atoms. The van der Waals surface area contributed by atoms with Crippen molar-refractivity contribution in [3.05, 3.63) is 0 Å². The van der Waals surface area contributed by atoms with Crippen molar-refractivity contribution < 1.29 is 0 Å². The van der Waals surface area contributed by atoms with E-state index < -0.39 is 0 Å². The number of hydrogen-bond acceptors (Lipinski definition) is 4. The molecule has 3 aliphatic heterocycles. The molecule has 0 amide bonds. The molecule has 0 aromatic heterocycles. The van der Waals surface area contributed by atoms with Gasteiger partial charge in [0.05, 0.1) is 6.67 Å². The lowest BCUT2D eigenvalue weighted by molar-refractivity contribution is -0.0287. The van der Waals surface area contributed by atoms with Crippen LogP contribution in [0.1, 0.15) is 54.4 Å². The molecule has 2 bridgehead atoms. The zero-order valence-corrected chi connectivity index (χ0v) is 16.3. The first kappa shape index (κ1) is 17.7. The highest BCUT2D eigenvalue weighted by Crippen LogP contribution is 2.36. The van der Waals surface area contributed by atoms with E-state index in [4.69, 9.17) is 0 Å². The van der Waals surface area contributed by atoms with E-state index in [1.807, 2.05) is 0 Å². The fourth-order valence-corrected chi connectivity index (χ4v) is 5.04. The summed E-state index contributed by atoms with van der Waals surface area (Å²) in [5.74, 6) is 0. The Balaban J connectivity index is 1.50. The molecule has 0 saturated carbocycles. The molecule has 0 aromatic carbocycles. The van der Waals surface area contributed by atoms with Crippen LogP contribution in [0.3, 0.4) is 0 Å². The molecule has 0 radical (unpaired) electrons. The van der Waals surface area contributed by atoms with Gasteiger partial charge >= 0.3 is 0 Å². The van der Waals surface area contributed by atoms with Crippen LogP contribution in [-0.4, -0.2) is 88.7 Å². The Kier molecular flexibility index (Phi) is 4.83. The van der Waals surface area contributed by atoms with Gasteiger partial charge in [0, 0.05) is 62.4 Å². The van der Waals surface area contributed by atoms with Gasteiger partial charge in [0.15, 0.2) is 0 Å². The SMILES string of the molecule is CC(C)(C)N1CCN(CN2CC3CCC(C2)N3C(C)(C)C)CC1. The van der Waals surface area contributed by atoms with Crippen LogP contribution in [0.2, 0.25) is 0 Å². The molecule has 3 saturated heterocycles. The first-order chi connectivity index (χ1) is 10.6. The van der Waals surface area contributed by atoms with Crippen molar-refractivity contribution in [3.8, 4) is 0 Å². The first-order valence-corrected chi connectivity index (χ1v) is 9.63. The Hall–Kier alpha value is -0.160. The molecule has 2 unspecified atom stereocenters. The van der Waals surface area contributed by atoms with E-state index in [2.05, 4.69) is 61.1 Å².